The number of hydrogen-bond donors (Lipinski definition) is 2. The molecule has 0 fully saturated rings. The summed E-state index contributed by atoms with van der Waals surface area (Å²) >= 11 is 6.02. The van der Waals surface area contributed by atoms with Crippen LogP contribution in [0.5, 0.6) is 0 Å². The van der Waals surface area contributed by atoms with Crippen LogP contribution in [-0.2, 0) is 13.6 Å². The zero-order chi connectivity index (χ0) is 19.4. The summed E-state index contributed by atoms with van der Waals surface area (Å²) in [5.41, 5.74) is 1.08. The molecule has 0 saturated heterocycles. The number of carbonyl (C=O) groups is 2. The van der Waals surface area contributed by atoms with Crippen molar-refractivity contribution < 1.29 is 14.0 Å². The monoisotopic (exact) mass is 386 g/mol. The summed E-state index contributed by atoms with van der Waals surface area (Å²) in [7, 11) is 1.60. The fourth-order valence-corrected chi connectivity index (χ4v) is 2.67. The quantitative estimate of drug-likeness (QED) is 0.705. The molecule has 3 aromatic rings. The van der Waals surface area contributed by atoms with Crippen LogP contribution in [0, 0.1) is 5.82 Å². The molecular formula is C19H16ClFN4O2. The third-order valence-electron chi connectivity index (χ3n) is 3.81. The number of halogens is 2. The van der Waals surface area contributed by atoms with Crippen molar-refractivity contribution in [3.63, 3.8) is 0 Å². The van der Waals surface area contributed by atoms with Gasteiger partial charge in [-0.3, -0.25) is 14.3 Å². The van der Waals surface area contributed by atoms with Crippen LogP contribution in [0.1, 0.15) is 26.4 Å². The van der Waals surface area contributed by atoms with Crippen LogP contribution in [0.2, 0.25) is 5.02 Å². The number of nitrogens with one attached hydrogen (secondary N) is 2. The molecule has 0 radical (unpaired) electrons. The summed E-state index contributed by atoms with van der Waals surface area (Å²) < 4.78 is 14.6. The number of carbonyl (C=O) groups excluding carboxylic acids is 2. The highest BCUT2D eigenvalue weighted by atomic mass is 35.5. The lowest BCUT2D eigenvalue weighted by molar-refractivity contribution is 0.0944. The van der Waals surface area contributed by atoms with Gasteiger partial charge in [-0.25, -0.2) is 4.39 Å². The maximum Gasteiger partial charge on any atom is 0.272 e. The normalized spacial score (nSPS) is 10.5. The van der Waals surface area contributed by atoms with Gasteiger partial charge in [-0.15, -0.1) is 0 Å². The molecule has 0 spiro atoms. The van der Waals surface area contributed by atoms with Gasteiger partial charge in [0.1, 0.15) is 11.6 Å². The minimum Gasteiger partial charge on any atom is -0.347 e. The Morgan fingerprint density at radius 1 is 1.11 bits per heavy atom. The first-order valence-electron chi connectivity index (χ1n) is 8.06. The second-order valence-corrected chi connectivity index (χ2v) is 6.19. The molecular weight excluding hydrogens is 371 g/mol. The van der Waals surface area contributed by atoms with E-state index in [1.807, 2.05) is 0 Å². The van der Waals surface area contributed by atoms with Gasteiger partial charge in [0, 0.05) is 19.7 Å². The van der Waals surface area contributed by atoms with Crippen molar-refractivity contribution in [3.05, 3.63) is 82.3 Å². The molecule has 1 heterocycles. The number of rotatable bonds is 5. The maximum atomic E-state index is 13.2. The summed E-state index contributed by atoms with van der Waals surface area (Å²) in [6.07, 6.45) is 0. The van der Waals surface area contributed by atoms with Gasteiger partial charge in [-0.1, -0.05) is 35.9 Å². The minimum absolute atomic E-state index is 0.128. The second kappa shape index (κ2) is 8.01. The number of nitrogens with zero attached hydrogens (tertiary/aromatic N) is 2. The Morgan fingerprint density at radius 2 is 1.89 bits per heavy atom. The standard InChI is InChI=1S/C19H16ClFN4O2/c1-25-17(23-18(26)14-7-2-3-8-15(14)20)10-16(24-25)19(27)22-11-12-5-4-6-13(21)9-12/h2-10H,11H2,1H3,(H,22,27)(H,23,26). The first-order chi connectivity index (χ1) is 12.9. The van der Waals surface area contributed by atoms with Crippen LogP contribution in [0.25, 0.3) is 0 Å². The number of amides is 2. The van der Waals surface area contributed by atoms with Crippen molar-refractivity contribution in [2.45, 2.75) is 6.54 Å². The SMILES string of the molecule is Cn1nc(C(=O)NCc2cccc(F)c2)cc1NC(=O)c1ccccc1Cl. The van der Waals surface area contributed by atoms with Gasteiger partial charge in [0.25, 0.3) is 11.8 Å². The molecule has 8 heteroatoms. The fraction of sp³-hybridized carbons (Fsp3) is 0.105. The van der Waals surface area contributed by atoms with Gasteiger partial charge >= 0.3 is 0 Å². The predicted octanol–water partition coefficient (Wildman–Crippen LogP) is 3.39. The topological polar surface area (TPSA) is 76.0 Å². The lowest BCUT2D eigenvalue weighted by atomic mass is 10.2. The lowest BCUT2D eigenvalue weighted by Gasteiger charge is -2.06. The van der Waals surface area contributed by atoms with E-state index in [2.05, 4.69) is 15.7 Å². The van der Waals surface area contributed by atoms with Crippen LogP contribution < -0.4 is 10.6 Å². The summed E-state index contributed by atoms with van der Waals surface area (Å²) in [6, 6.07) is 14.0. The summed E-state index contributed by atoms with van der Waals surface area (Å²) in [6.45, 7) is 0.161. The average Bonchev–Trinajstić information content (AvgIpc) is 3.00. The van der Waals surface area contributed by atoms with E-state index in [-0.39, 0.29) is 18.1 Å². The van der Waals surface area contributed by atoms with Crippen LogP contribution >= 0.6 is 11.6 Å². The Kier molecular flexibility index (Phi) is 5.52. The number of aromatic nitrogens is 2. The van der Waals surface area contributed by atoms with Crippen LogP contribution in [0.4, 0.5) is 10.2 Å². The molecule has 0 atom stereocenters. The molecule has 3 rings (SSSR count). The zero-order valence-electron chi connectivity index (χ0n) is 14.4. The van der Waals surface area contributed by atoms with Gasteiger partial charge in [0.05, 0.1) is 10.6 Å². The van der Waals surface area contributed by atoms with E-state index in [1.54, 1.807) is 43.4 Å². The van der Waals surface area contributed by atoms with E-state index < -0.39 is 11.8 Å². The molecule has 2 N–H and O–H groups in total. The van der Waals surface area contributed by atoms with Crippen molar-refractivity contribution in [1.82, 2.24) is 15.1 Å². The van der Waals surface area contributed by atoms with Crippen molar-refractivity contribution in [1.29, 1.82) is 0 Å². The number of anilines is 1. The molecule has 0 unspecified atom stereocenters. The lowest BCUT2D eigenvalue weighted by Crippen LogP contribution is -2.23. The molecule has 27 heavy (non-hydrogen) atoms. The zero-order valence-corrected chi connectivity index (χ0v) is 15.1. The minimum atomic E-state index is -0.437. The highest BCUT2D eigenvalue weighted by molar-refractivity contribution is 6.34. The third kappa shape index (κ3) is 4.51. The van der Waals surface area contributed by atoms with E-state index in [0.717, 1.165) is 0 Å². The van der Waals surface area contributed by atoms with Gasteiger partial charge in [0.2, 0.25) is 0 Å². The van der Waals surface area contributed by atoms with E-state index in [0.29, 0.717) is 22.0 Å². The Morgan fingerprint density at radius 3 is 2.63 bits per heavy atom. The Balaban J connectivity index is 1.67. The van der Waals surface area contributed by atoms with E-state index >= 15 is 0 Å². The van der Waals surface area contributed by atoms with E-state index in [9.17, 15) is 14.0 Å². The molecule has 0 bridgehead atoms. The predicted molar refractivity (Wildman–Crippen MR) is 100 cm³/mol. The molecule has 1 aromatic heterocycles. The van der Waals surface area contributed by atoms with Gasteiger partial charge < -0.3 is 10.6 Å². The molecule has 0 saturated carbocycles. The average molecular weight is 387 g/mol. The van der Waals surface area contributed by atoms with E-state index in [1.165, 1.54) is 22.9 Å². The number of aryl methyl sites for hydroxylation is 1. The van der Waals surface area contributed by atoms with Crippen LogP contribution in [-0.4, -0.2) is 21.6 Å². The molecule has 0 aliphatic heterocycles. The Hall–Kier alpha value is -3.19. The van der Waals surface area contributed by atoms with Crippen molar-refractivity contribution in [3.8, 4) is 0 Å². The first-order valence-corrected chi connectivity index (χ1v) is 8.44. The maximum absolute atomic E-state index is 13.2. The molecule has 0 aliphatic carbocycles. The number of hydrogen-bond acceptors (Lipinski definition) is 3. The highest BCUT2D eigenvalue weighted by Crippen LogP contribution is 2.17. The summed E-state index contributed by atoms with van der Waals surface area (Å²) in [5, 5.41) is 9.75. The fourth-order valence-electron chi connectivity index (χ4n) is 2.44. The molecule has 138 valence electrons. The molecule has 0 aliphatic rings. The molecule has 6 nitrogen and oxygen atoms in total. The second-order valence-electron chi connectivity index (χ2n) is 5.78. The van der Waals surface area contributed by atoms with Crippen molar-refractivity contribution in [2.24, 2.45) is 7.05 Å². The number of benzene rings is 2. The Labute approximate surface area is 160 Å². The summed E-state index contributed by atoms with van der Waals surface area (Å²) in [5.74, 6) is -0.872. The molecule has 2 aromatic carbocycles. The summed E-state index contributed by atoms with van der Waals surface area (Å²) in [4.78, 5) is 24.6. The van der Waals surface area contributed by atoms with E-state index in [4.69, 9.17) is 11.6 Å². The Bertz CT molecular complexity index is 1000. The smallest absolute Gasteiger partial charge is 0.272 e. The third-order valence-corrected chi connectivity index (χ3v) is 4.14. The van der Waals surface area contributed by atoms with Crippen LogP contribution in [0.15, 0.2) is 54.6 Å². The van der Waals surface area contributed by atoms with Gasteiger partial charge in [0.15, 0.2) is 5.69 Å². The van der Waals surface area contributed by atoms with Crippen molar-refractivity contribution >= 4 is 29.2 Å². The largest absolute Gasteiger partial charge is 0.347 e. The first kappa shape index (κ1) is 18.6. The van der Waals surface area contributed by atoms with Gasteiger partial charge in [-0.05, 0) is 29.8 Å². The van der Waals surface area contributed by atoms with Crippen LogP contribution in [0.3, 0.4) is 0 Å². The van der Waals surface area contributed by atoms with Gasteiger partial charge in [-0.2, -0.15) is 5.10 Å². The highest BCUT2D eigenvalue weighted by Gasteiger charge is 2.16. The van der Waals surface area contributed by atoms with Crippen molar-refractivity contribution in [2.75, 3.05) is 5.32 Å². The molecule has 2 amide bonds.